The van der Waals surface area contributed by atoms with Crippen molar-refractivity contribution in [3.05, 3.63) is 48.6 Å². The van der Waals surface area contributed by atoms with E-state index in [1.165, 1.54) is 193 Å². The number of phosphoric ester groups is 1. The molecule has 0 heterocycles. The SMILES string of the molecule is CCCCCCCC=CCCCCCCCCCCC=CCCCCC(=O)OC[C@H](COP(=O)(O)OC[C@@H](O)[C@@H](O)[C@H](O)[C@H](O)CO)OC(=O)CCCC/C=C\CCCCCCCCCC/C=C\CCCCCCC. The van der Waals surface area contributed by atoms with Crippen molar-refractivity contribution in [1.29, 1.82) is 0 Å². The smallest absolute Gasteiger partial charge is 0.462 e. The number of ether oxygens (including phenoxy) is 2. The fourth-order valence-electron chi connectivity index (χ4n) is 8.57. The van der Waals surface area contributed by atoms with Gasteiger partial charge in [0.2, 0.25) is 0 Å². The minimum absolute atomic E-state index is 0.0823. The molecule has 6 N–H and O–H groups in total. The second kappa shape index (κ2) is 55.1. The first kappa shape index (κ1) is 72.8. The van der Waals surface area contributed by atoms with E-state index in [4.69, 9.17) is 23.6 Å². The Morgan fingerprint density at radius 2 is 0.693 bits per heavy atom. The lowest BCUT2D eigenvalue weighted by Crippen LogP contribution is -2.47. The summed E-state index contributed by atoms with van der Waals surface area (Å²) in [5.41, 5.74) is 0. The van der Waals surface area contributed by atoms with Gasteiger partial charge in [0.05, 0.1) is 19.8 Å². The molecule has 75 heavy (non-hydrogen) atoms. The molecule has 0 bridgehead atoms. The van der Waals surface area contributed by atoms with Crippen LogP contribution in [0.25, 0.3) is 0 Å². The van der Waals surface area contributed by atoms with Gasteiger partial charge in [-0.2, -0.15) is 0 Å². The Labute approximate surface area is 457 Å². The number of hydrogen-bond acceptors (Lipinski definition) is 12. The number of unbranched alkanes of at least 4 members (excludes halogenated alkanes) is 32. The topological polar surface area (TPSA) is 210 Å². The van der Waals surface area contributed by atoms with E-state index in [2.05, 4.69) is 62.5 Å². The molecule has 13 nitrogen and oxygen atoms in total. The van der Waals surface area contributed by atoms with Crippen LogP contribution in [0.1, 0.15) is 271 Å². The lowest BCUT2D eigenvalue weighted by molar-refractivity contribution is -0.161. The highest BCUT2D eigenvalue weighted by Crippen LogP contribution is 2.43. The third kappa shape index (κ3) is 51.0. The van der Waals surface area contributed by atoms with E-state index in [-0.39, 0.29) is 12.8 Å². The van der Waals surface area contributed by atoms with Crippen LogP contribution in [0.5, 0.6) is 0 Å². The minimum atomic E-state index is -4.92. The van der Waals surface area contributed by atoms with Gasteiger partial charge in [-0.15, -0.1) is 0 Å². The maximum Gasteiger partial charge on any atom is 0.472 e. The zero-order valence-electron chi connectivity index (χ0n) is 47.6. The Hall–Kier alpha value is -2.19. The van der Waals surface area contributed by atoms with E-state index < -0.39 is 76.7 Å². The number of carbonyl (C=O) groups excluding carboxylic acids is 2. The molecule has 14 heteroatoms. The largest absolute Gasteiger partial charge is 0.472 e. The number of hydrogen-bond donors (Lipinski definition) is 6. The molecule has 0 aliphatic heterocycles. The first-order valence-corrected chi connectivity index (χ1v) is 31.9. The second-order valence-corrected chi connectivity index (χ2v) is 22.2. The van der Waals surface area contributed by atoms with Crippen LogP contribution in [0.4, 0.5) is 0 Å². The average molecular weight is 1090 g/mol. The molecule has 1 unspecified atom stereocenters. The fraction of sp³-hybridized carbons (Fsp3) is 0.836. The predicted octanol–water partition coefficient (Wildman–Crippen LogP) is 14.9. The maximum absolute atomic E-state index is 12.8. The lowest BCUT2D eigenvalue weighted by atomic mass is 10.0. The monoisotopic (exact) mass is 1080 g/mol. The molecule has 440 valence electrons. The molecule has 0 spiro atoms. The number of aliphatic hydroxyl groups excluding tert-OH is 5. The highest BCUT2D eigenvalue weighted by Gasteiger charge is 2.33. The summed E-state index contributed by atoms with van der Waals surface area (Å²) in [6.45, 7) is 1.53. The van der Waals surface area contributed by atoms with E-state index in [9.17, 15) is 39.5 Å². The molecule has 0 saturated carbocycles. The molecular weight excluding hydrogens is 972 g/mol. The Morgan fingerprint density at radius 1 is 0.400 bits per heavy atom. The van der Waals surface area contributed by atoms with Gasteiger partial charge in [0, 0.05) is 12.8 Å². The number of esters is 2. The van der Waals surface area contributed by atoms with Gasteiger partial charge in [-0.25, -0.2) is 4.57 Å². The van der Waals surface area contributed by atoms with Crippen LogP contribution in [0.2, 0.25) is 0 Å². The lowest BCUT2D eigenvalue weighted by Gasteiger charge is -2.26. The summed E-state index contributed by atoms with van der Waals surface area (Å²) in [5, 5.41) is 48.4. The summed E-state index contributed by atoms with van der Waals surface area (Å²) in [6, 6.07) is 0. The first-order valence-electron chi connectivity index (χ1n) is 30.4. The number of carbonyl (C=O) groups is 2. The van der Waals surface area contributed by atoms with Crippen LogP contribution in [0, 0.1) is 0 Å². The number of rotatable bonds is 57. The summed E-state index contributed by atoms with van der Waals surface area (Å²) in [7, 11) is -4.92. The van der Waals surface area contributed by atoms with Crippen molar-refractivity contribution in [3.63, 3.8) is 0 Å². The number of allylic oxidation sites excluding steroid dienone is 8. The van der Waals surface area contributed by atoms with Gasteiger partial charge in [-0.05, 0) is 116 Å². The van der Waals surface area contributed by atoms with Gasteiger partial charge < -0.3 is 39.9 Å². The van der Waals surface area contributed by atoms with Crippen molar-refractivity contribution in [2.24, 2.45) is 0 Å². The molecule has 0 aromatic carbocycles. The zero-order chi connectivity index (χ0) is 55.1. The van der Waals surface area contributed by atoms with Crippen LogP contribution < -0.4 is 0 Å². The Morgan fingerprint density at radius 3 is 1.04 bits per heavy atom. The van der Waals surface area contributed by atoms with Crippen molar-refractivity contribution in [1.82, 2.24) is 0 Å². The van der Waals surface area contributed by atoms with Crippen LogP contribution in [-0.4, -0.2) is 99.3 Å². The van der Waals surface area contributed by atoms with Crippen molar-refractivity contribution in [2.45, 2.75) is 301 Å². The van der Waals surface area contributed by atoms with Gasteiger partial charge in [-0.1, -0.05) is 191 Å². The second-order valence-electron chi connectivity index (χ2n) is 20.7. The highest BCUT2D eigenvalue weighted by molar-refractivity contribution is 7.47. The number of phosphoric acid groups is 1. The van der Waals surface area contributed by atoms with Crippen molar-refractivity contribution in [2.75, 3.05) is 26.4 Å². The van der Waals surface area contributed by atoms with Crippen molar-refractivity contribution in [3.8, 4) is 0 Å². The van der Waals surface area contributed by atoms with Gasteiger partial charge in [0.25, 0.3) is 0 Å². The van der Waals surface area contributed by atoms with E-state index >= 15 is 0 Å². The third-order valence-electron chi connectivity index (χ3n) is 13.5. The van der Waals surface area contributed by atoms with Crippen LogP contribution in [-0.2, 0) is 32.7 Å². The standard InChI is InChI=1S/C61H113O13P/c1-3-5-7-9-11-13-15-17-19-21-23-25-27-29-31-33-35-37-39-41-43-45-47-49-58(65)71-52-55(53-72-75(69,70)73-54-57(64)61(68)60(67)56(63)51-62)74-59(66)50-48-46-44-42-40-38-36-34-32-30-28-26-24-22-20-18-16-14-12-10-8-6-4-2/h15-18,39-42,55-57,60-64,67-68H,3-14,19-38,43-54H2,1-2H3,(H,69,70)/b17-15?,18-16-,41-39?,42-40-/t55-,56-,57-,60-,61-/m1/s1. The van der Waals surface area contributed by atoms with E-state index in [0.717, 1.165) is 38.5 Å². The van der Waals surface area contributed by atoms with Gasteiger partial charge in [0.1, 0.15) is 31.0 Å². The quantitative estimate of drug-likeness (QED) is 0.0145. The maximum atomic E-state index is 12.8. The molecule has 0 aliphatic rings. The van der Waals surface area contributed by atoms with Gasteiger partial charge in [-0.3, -0.25) is 18.6 Å². The fourth-order valence-corrected chi connectivity index (χ4v) is 9.34. The molecule has 6 atom stereocenters. The van der Waals surface area contributed by atoms with Gasteiger partial charge >= 0.3 is 19.8 Å². The number of aliphatic hydroxyl groups is 5. The molecule has 0 rings (SSSR count). The minimum Gasteiger partial charge on any atom is -0.462 e. The van der Waals surface area contributed by atoms with Crippen molar-refractivity contribution >= 4 is 19.8 Å². The van der Waals surface area contributed by atoms with E-state index in [1.54, 1.807) is 0 Å². The molecular formula is C61H113O13P. The molecule has 0 radical (unpaired) electrons. The average Bonchev–Trinajstić information content (AvgIpc) is 3.40. The Kier molecular flexibility index (Phi) is 53.5. The molecule has 0 saturated heterocycles. The molecule has 0 aliphatic carbocycles. The molecule has 0 amide bonds. The first-order chi connectivity index (χ1) is 36.5. The van der Waals surface area contributed by atoms with E-state index in [0.29, 0.717) is 12.8 Å². The Bertz CT molecular complexity index is 1440. The summed E-state index contributed by atoms with van der Waals surface area (Å²) in [4.78, 5) is 35.7. The molecule has 0 fully saturated rings. The summed E-state index contributed by atoms with van der Waals surface area (Å²) >= 11 is 0. The van der Waals surface area contributed by atoms with E-state index in [1.807, 2.05) is 0 Å². The van der Waals surface area contributed by atoms with Crippen molar-refractivity contribution < 1.29 is 63.1 Å². The highest BCUT2D eigenvalue weighted by atomic mass is 31.2. The van der Waals surface area contributed by atoms with Crippen LogP contribution >= 0.6 is 7.82 Å². The van der Waals surface area contributed by atoms with Crippen LogP contribution in [0.15, 0.2) is 48.6 Å². The third-order valence-corrected chi connectivity index (χ3v) is 14.4. The predicted molar refractivity (Wildman–Crippen MR) is 306 cm³/mol. The van der Waals surface area contributed by atoms with Gasteiger partial charge in [0.15, 0.2) is 6.10 Å². The molecule has 0 aromatic rings. The normalized spacial score (nSPS) is 15.0. The zero-order valence-corrected chi connectivity index (χ0v) is 48.5. The molecule has 0 aromatic heterocycles. The Balaban J connectivity index is 4.47. The summed E-state index contributed by atoms with van der Waals surface area (Å²) < 4.78 is 33.3. The van der Waals surface area contributed by atoms with Crippen LogP contribution in [0.3, 0.4) is 0 Å². The summed E-state index contributed by atoms with van der Waals surface area (Å²) in [6.07, 6.45) is 54.9. The summed E-state index contributed by atoms with van der Waals surface area (Å²) in [5.74, 6) is -1.10.